The number of nitrogens with zero attached hydrogens (tertiary/aromatic N) is 1. The van der Waals surface area contributed by atoms with Crippen LogP contribution >= 0.6 is 0 Å². The van der Waals surface area contributed by atoms with Crippen molar-refractivity contribution in [3.8, 4) is 0 Å². The number of benzene rings is 1. The summed E-state index contributed by atoms with van der Waals surface area (Å²) >= 11 is 0. The molecule has 0 unspecified atom stereocenters. The van der Waals surface area contributed by atoms with Crippen LogP contribution in [-0.4, -0.2) is 60.9 Å². The SMILES string of the molecule is CCCCCCCCC(CCCCCCCC)OC(=O)CCCCCCCN(CCO)CCCCCCCC(=O)OCCc1ccc(CCCCCCC)cc1. The predicted octanol–water partition coefficient (Wildman–Crippen LogP) is 13.7. The maximum atomic E-state index is 12.7. The highest BCUT2D eigenvalue weighted by molar-refractivity contribution is 5.69. The average Bonchev–Trinajstić information content (AvgIpc) is 3.20. The summed E-state index contributed by atoms with van der Waals surface area (Å²) in [5.74, 6) is -0.0643. The fraction of sp³-hybridized carbons (Fsp3) is 0.840. The Bertz CT molecular complexity index is 982. The summed E-state index contributed by atoms with van der Waals surface area (Å²) in [6, 6.07) is 8.83. The van der Waals surface area contributed by atoms with E-state index < -0.39 is 0 Å². The van der Waals surface area contributed by atoms with E-state index in [1.165, 1.54) is 120 Å². The standard InChI is InChI=1S/C50H91NO5/c1-4-7-10-13-18-25-32-48(33-26-19-14-11-8-5-2)56-50(54)35-28-21-16-23-30-42-51(43-44-52)41-29-22-15-20-27-34-49(53)55-45-40-47-38-36-46(37-39-47)31-24-17-12-9-6-3/h36-39,48,52H,4-35,40-45H2,1-3H3. The molecule has 0 saturated carbocycles. The first-order valence-corrected chi connectivity index (χ1v) is 24.3. The number of unbranched alkanes of at least 4 members (excludes halogenated alkanes) is 22. The van der Waals surface area contributed by atoms with Crippen LogP contribution in [-0.2, 0) is 31.9 Å². The first-order valence-electron chi connectivity index (χ1n) is 24.3. The maximum absolute atomic E-state index is 12.7. The molecular formula is C50H91NO5. The number of hydrogen-bond acceptors (Lipinski definition) is 6. The molecule has 0 aliphatic carbocycles. The fourth-order valence-corrected chi connectivity index (χ4v) is 7.72. The normalized spacial score (nSPS) is 11.5. The smallest absolute Gasteiger partial charge is 0.306 e. The van der Waals surface area contributed by atoms with E-state index in [-0.39, 0.29) is 24.6 Å². The predicted molar refractivity (Wildman–Crippen MR) is 238 cm³/mol. The highest BCUT2D eigenvalue weighted by Gasteiger charge is 2.14. The van der Waals surface area contributed by atoms with Gasteiger partial charge in [-0.25, -0.2) is 0 Å². The van der Waals surface area contributed by atoms with Crippen molar-refractivity contribution in [1.29, 1.82) is 0 Å². The lowest BCUT2D eigenvalue weighted by Crippen LogP contribution is -2.29. The van der Waals surface area contributed by atoms with Gasteiger partial charge in [0.15, 0.2) is 0 Å². The van der Waals surface area contributed by atoms with Gasteiger partial charge in [-0.15, -0.1) is 0 Å². The van der Waals surface area contributed by atoms with E-state index in [0.717, 1.165) is 110 Å². The van der Waals surface area contributed by atoms with Crippen LogP contribution in [0, 0.1) is 0 Å². The van der Waals surface area contributed by atoms with Gasteiger partial charge in [0.25, 0.3) is 0 Å². The number of aliphatic hydroxyl groups excluding tert-OH is 1. The number of hydrogen-bond donors (Lipinski definition) is 1. The van der Waals surface area contributed by atoms with Gasteiger partial charge in [-0.3, -0.25) is 9.59 Å². The second-order valence-corrected chi connectivity index (χ2v) is 16.8. The largest absolute Gasteiger partial charge is 0.465 e. The summed E-state index contributed by atoms with van der Waals surface area (Å²) in [5, 5.41) is 9.59. The second kappa shape index (κ2) is 39.9. The Morgan fingerprint density at radius 2 is 0.911 bits per heavy atom. The Kier molecular flexibility index (Phi) is 37.1. The van der Waals surface area contributed by atoms with Gasteiger partial charge in [-0.2, -0.15) is 0 Å². The van der Waals surface area contributed by atoms with Gasteiger partial charge in [-0.1, -0.05) is 173 Å². The number of esters is 2. The molecular weight excluding hydrogens is 695 g/mol. The Morgan fingerprint density at radius 1 is 0.500 bits per heavy atom. The molecule has 326 valence electrons. The number of carbonyl (C=O) groups excluding carboxylic acids is 2. The molecule has 0 amide bonds. The lowest BCUT2D eigenvalue weighted by molar-refractivity contribution is -0.150. The third-order valence-corrected chi connectivity index (χ3v) is 11.4. The number of aliphatic hydroxyl groups is 1. The second-order valence-electron chi connectivity index (χ2n) is 16.8. The van der Waals surface area contributed by atoms with Crippen molar-refractivity contribution in [1.82, 2.24) is 4.90 Å². The molecule has 6 nitrogen and oxygen atoms in total. The van der Waals surface area contributed by atoms with Crippen molar-refractivity contribution >= 4 is 11.9 Å². The molecule has 0 atom stereocenters. The minimum atomic E-state index is -0.0750. The van der Waals surface area contributed by atoms with Crippen molar-refractivity contribution in [2.24, 2.45) is 0 Å². The highest BCUT2D eigenvalue weighted by Crippen LogP contribution is 2.19. The average molecular weight is 786 g/mol. The molecule has 0 bridgehead atoms. The lowest BCUT2D eigenvalue weighted by Gasteiger charge is -2.21. The molecule has 0 aliphatic heterocycles. The van der Waals surface area contributed by atoms with Crippen LogP contribution in [0.25, 0.3) is 0 Å². The lowest BCUT2D eigenvalue weighted by atomic mass is 10.0. The third-order valence-electron chi connectivity index (χ3n) is 11.4. The Balaban J connectivity index is 2.10. The first kappa shape index (κ1) is 52.1. The molecule has 0 aliphatic rings. The van der Waals surface area contributed by atoms with Crippen LogP contribution in [0.1, 0.15) is 231 Å². The Hall–Kier alpha value is -1.92. The molecule has 56 heavy (non-hydrogen) atoms. The molecule has 0 saturated heterocycles. The van der Waals surface area contributed by atoms with Crippen LogP contribution in [0.3, 0.4) is 0 Å². The molecule has 0 heterocycles. The molecule has 0 aromatic heterocycles. The zero-order valence-corrected chi connectivity index (χ0v) is 37.3. The highest BCUT2D eigenvalue weighted by atomic mass is 16.5. The summed E-state index contributed by atoms with van der Waals surface area (Å²) in [6.07, 6.45) is 37.9. The van der Waals surface area contributed by atoms with Crippen LogP contribution < -0.4 is 0 Å². The Labute approximate surface area is 347 Å². The van der Waals surface area contributed by atoms with Crippen LogP contribution in [0.4, 0.5) is 0 Å². The van der Waals surface area contributed by atoms with Crippen molar-refractivity contribution in [3.05, 3.63) is 35.4 Å². The van der Waals surface area contributed by atoms with Crippen molar-refractivity contribution < 1.29 is 24.2 Å². The first-order chi connectivity index (χ1) is 27.5. The van der Waals surface area contributed by atoms with E-state index in [1.807, 2.05) is 0 Å². The van der Waals surface area contributed by atoms with Crippen LogP contribution in [0.15, 0.2) is 24.3 Å². The van der Waals surface area contributed by atoms with E-state index in [4.69, 9.17) is 9.47 Å². The van der Waals surface area contributed by atoms with Gasteiger partial charge < -0.3 is 19.5 Å². The van der Waals surface area contributed by atoms with Crippen molar-refractivity contribution in [2.45, 2.75) is 239 Å². The number of ether oxygens (including phenoxy) is 2. The van der Waals surface area contributed by atoms with E-state index in [0.29, 0.717) is 19.4 Å². The molecule has 1 aromatic rings. The summed E-state index contributed by atoms with van der Waals surface area (Å²) < 4.78 is 11.5. The minimum absolute atomic E-state index is 0.0107. The Morgan fingerprint density at radius 3 is 1.41 bits per heavy atom. The molecule has 1 aromatic carbocycles. The number of aryl methyl sites for hydroxylation is 1. The maximum Gasteiger partial charge on any atom is 0.306 e. The molecule has 6 heteroatoms. The molecule has 1 rings (SSSR count). The van der Waals surface area contributed by atoms with E-state index in [1.54, 1.807) is 0 Å². The van der Waals surface area contributed by atoms with Gasteiger partial charge >= 0.3 is 11.9 Å². The van der Waals surface area contributed by atoms with Crippen molar-refractivity contribution in [2.75, 3.05) is 32.8 Å². The molecule has 0 spiro atoms. The quantitative estimate of drug-likeness (QED) is 0.0525. The van der Waals surface area contributed by atoms with Gasteiger partial charge in [0.2, 0.25) is 0 Å². The monoisotopic (exact) mass is 786 g/mol. The fourth-order valence-electron chi connectivity index (χ4n) is 7.72. The zero-order valence-electron chi connectivity index (χ0n) is 37.3. The molecule has 1 N–H and O–H groups in total. The van der Waals surface area contributed by atoms with Gasteiger partial charge in [0.1, 0.15) is 6.10 Å². The summed E-state index contributed by atoms with van der Waals surface area (Å²) in [4.78, 5) is 27.4. The molecule has 0 radical (unpaired) electrons. The topological polar surface area (TPSA) is 76.1 Å². The number of rotatable bonds is 42. The minimum Gasteiger partial charge on any atom is -0.465 e. The number of carbonyl (C=O) groups is 2. The molecule has 0 fully saturated rings. The van der Waals surface area contributed by atoms with Crippen LogP contribution in [0.2, 0.25) is 0 Å². The van der Waals surface area contributed by atoms with Crippen LogP contribution in [0.5, 0.6) is 0 Å². The van der Waals surface area contributed by atoms with E-state index in [2.05, 4.69) is 49.9 Å². The van der Waals surface area contributed by atoms with Crippen molar-refractivity contribution in [3.63, 3.8) is 0 Å². The van der Waals surface area contributed by atoms with Gasteiger partial charge in [0, 0.05) is 25.8 Å². The van der Waals surface area contributed by atoms with Gasteiger partial charge in [-0.05, 0) is 88.4 Å². The zero-order chi connectivity index (χ0) is 40.6. The third kappa shape index (κ3) is 33.1. The summed E-state index contributed by atoms with van der Waals surface area (Å²) in [7, 11) is 0. The summed E-state index contributed by atoms with van der Waals surface area (Å²) in [5.41, 5.74) is 2.64. The van der Waals surface area contributed by atoms with E-state index in [9.17, 15) is 14.7 Å². The summed E-state index contributed by atoms with van der Waals surface area (Å²) in [6.45, 7) is 10.2. The van der Waals surface area contributed by atoms with E-state index >= 15 is 0 Å². The van der Waals surface area contributed by atoms with Gasteiger partial charge in [0.05, 0.1) is 13.2 Å².